The quantitative estimate of drug-likeness (QED) is 0.686. The standard InChI is InChI=1S/C9H16N4O/c1-12-6-3-7-8(12)13(5-2-4-10)9(14)11-7/h2-6,10H2,1H3,(H,11,14). The summed E-state index contributed by atoms with van der Waals surface area (Å²) in [4.78, 5) is 16.5. The van der Waals surface area contributed by atoms with E-state index in [4.69, 9.17) is 5.73 Å². The normalized spacial score (nSPS) is 14.9. The predicted octanol–water partition coefficient (Wildman–Crippen LogP) is -0.482. The highest BCUT2D eigenvalue weighted by atomic mass is 16.1. The van der Waals surface area contributed by atoms with E-state index in [1.807, 2.05) is 7.05 Å². The van der Waals surface area contributed by atoms with E-state index < -0.39 is 0 Å². The van der Waals surface area contributed by atoms with E-state index in [1.54, 1.807) is 4.57 Å². The van der Waals surface area contributed by atoms with Crippen LogP contribution in [0.5, 0.6) is 0 Å². The lowest BCUT2D eigenvalue weighted by molar-refractivity contribution is 0.626. The Balaban J connectivity index is 2.34. The summed E-state index contributed by atoms with van der Waals surface area (Å²) in [6.45, 7) is 2.33. The van der Waals surface area contributed by atoms with Gasteiger partial charge in [0, 0.05) is 26.6 Å². The van der Waals surface area contributed by atoms with Crippen molar-refractivity contribution in [1.29, 1.82) is 0 Å². The molecule has 1 aliphatic rings. The SMILES string of the molecule is CN1CCc2[nH]c(=O)n(CCCN)c21. The molecule has 0 amide bonds. The largest absolute Gasteiger partial charge is 0.359 e. The third-order valence-electron chi connectivity index (χ3n) is 2.67. The summed E-state index contributed by atoms with van der Waals surface area (Å²) < 4.78 is 1.79. The van der Waals surface area contributed by atoms with Crippen molar-refractivity contribution in [2.75, 3.05) is 25.0 Å². The number of likely N-dealkylation sites (N-methyl/N-ethyl adjacent to an activating group) is 1. The molecule has 1 aromatic heterocycles. The Morgan fingerprint density at radius 1 is 1.57 bits per heavy atom. The first-order valence-electron chi connectivity index (χ1n) is 4.97. The van der Waals surface area contributed by atoms with Crippen LogP contribution < -0.4 is 16.3 Å². The molecule has 3 N–H and O–H groups in total. The summed E-state index contributed by atoms with van der Waals surface area (Å²) >= 11 is 0. The maximum Gasteiger partial charge on any atom is 0.327 e. The van der Waals surface area contributed by atoms with Gasteiger partial charge < -0.3 is 15.6 Å². The molecule has 0 aromatic carbocycles. The van der Waals surface area contributed by atoms with Crippen LogP contribution >= 0.6 is 0 Å². The van der Waals surface area contributed by atoms with Gasteiger partial charge in [-0.1, -0.05) is 0 Å². The first kappa shape index (κ1) is 9.33. The van der Waals surface area contributed by atoms with Crippen LogP contribution in [0.1, 0.15) is 12.1 Å². The van der Waals surface area contributed by atoms with Gasteiger partial charge in [-0.3, -0.25) is 4.57 Å². The predicted molar refractivity (Wildman–Crippen MR) is 55.7 cm³/mol. The zero-order valence-electron chi connectivity index (χ0n) is 8.42. The van der Waals surface area contributed by atoms with Gasteiger partial charge in [0.2, 0.25) is 0 Å². The molecule has 1 aromatic rings. The minimum absolute atomic E-state index is 0.00463. The fourth-order valence-corrected chi connectivity index (χ4v) is 1.96. The van der Waals surface area contributed by atoms with Crippen LogP contribution in [0.4, 0.5) is 5.82 Å². The summed E-state index contributed by atoms with van der Waals surface area (Å²) in [6.07, 6.45) is 1.79. The summed E-state index contributed by atoms with van der Waals surface area (Å²) in [6, 6.07) is 0. The van der Waals surface area contributed by atoms with E-state index in [9.17, 15) is 4.79 Å². The van der Waals surface area contributed by atoms with Crippen molar-refractivity contribution in [3.8, 4) is 0 Å². The van der Waals surface area contributed by atoms with E-state index in [1.165, 1.54) is 0 Å². The first-order chi connectivity index (χ1) is 6.74. The number of H-pyrrole nitrogens is 1. The highest BCUT2D eigenvalue weighted by Gasteiger charge is 2.22. The minimum atomic E-state index is -0.00463. The number of aromatic amines is 1. The second-order valence-electron chi connectivity index (χ2n) is 3.70. The Morgan fingerprint density at radius 3 is 3.07 bits per heavy atom. The Morgan fingerprint density at radius 2 is 2.36 bits per heavy atom. The number of hydrogen-bond donors (Lipinski definition) is 2. The smallest absolute Gasteiger partial charge is 0.327 e. The van der Waals surface area contributed by atoms with Crippen LogP contribution in [-0.4, -0.2) is 29.7 Å². The molecule has 14 heavy (non-hydrogen) atoms. The molecular weight excluding hydrogens is 180 g/mol. The number of hydrogen-bond acceptors (Lipinski definition) is 3. The number of rotatable bonds is 3. The molecule has 5 heteroatoms. The lowest BCUT2D eigenvalue weighted by Crippen LogP contribution is -2.25. The molecule has 2 heterocycles. The van der Waals surface area contributed by atoms with Crippen molar-refractivity contribution in [3.05, 3.63) is 16.2 Å². The van der Waals surface area contributed by atoms with Crippen molar-refractivity contribution in [3.63, 3.8) is 0 Å². The minimum Gasteiger partial charge on any atom is -0.359 e. The Bertz CT molecular complexity index is 379. The van der Waals surface area contributed by atoms with E-state index >= 15 is 0 Å². The van der Waals surface area contributed by atoms with Gasteiger partial charge in [-0.2, -0.15) is 0 Å². The van der Waals surface area contributed by atoms with Crippen LogP contribution in [0.25, 0.3) is 0 Å². The molecule has 2 rings (SSSR count). The van der Waals surface area contributed by atoms with Gasteiger partial charge in [-0.25, -0.2) is 4.79 Å². The maximum atomic E-state index is 11.5. The lowest BCUT2D eigenvalue weighted by Gasteiger charge is -2.14. The van der Waals surface area contributed by atoms with Gasteiger partial charge in [-0.15, -0.1) is 0 Å². The molecule has 0 saturated heterocycles. The molecule has 78 valence electrons. The second kappa shape index (κ2) is 3.49. The number of anilines is 1. The fraction of sp³-hybridized carbons (Fsp3) is 0.667. The van der Waals surface area contributed by atoms with Gasteiger partial charge >= 0.3 is 5.69 Å². The fourth-order valence-electron chi connectivity index (χ4n) is 1.96. The molecule has 5 nitrogen and oxygen atoms in total. The van der Waals surface area contributed by atoms with Crippen LogP contribution in [-0.2, 0) is 13.0 Å². The van der Waals surface area contributed by atoms with Crippen LogP contribution in [0.3, 0.4) is 0 Å². The van der Waals surface area contributed by atoms with Gasteiger partial charge in [-0.05, 0) is 13.0 Å². The van der Waals surface area contributed by atoms with Crippen molar-refractivity contribution in [2.45, 2.75) is 19.4 Å². The Labute approximate surface area is 82.5 Å². The summed E-state index contributed by atoms with van der Waals surface area (Å²) in [5.41, 5.74) is 6.50. The third-order valence-corrected chi connectivity index (χ3v) is 2.67. The van der Waals surface area contributed by atoms with E-state index in [0.29, 0.717) is 13.1 Å². The molecule has 0 aliphatic carbocycles. The number of imidazole rings is 1. The highest BCUT2D eigenvalue weighted by molar-refractivity contribution is 5.49. The van der Waals surface area contributed by atoms with E-state index in [2.05, 4.69) is 9.88 Å². The third kappa shape index (κ3) is 1.33. The molecule has 0 atom stereocenters. The summed E-state index contributed by atoms with van der Waals surface area (Å²) in [7, 11) is 2.01. The average Bonchev–Trinajstić information content (AvgIpc) is 2.64. The zero-order valence-corrected chi connectivity index (χ0v) is 8.42. The van der Waals surface area contributed by atoms with Crippen LogP contribution in [0.15, 0.2) is 4.79 Å². The van der Waals surface area contributed by atoms with Crippen molar-refractivity contribution >= 4 is 5.82 Å². The van der Waals surface area contributed by atoms with Crippen molar-refractivity contribution in [2.24, 2.45) is 5.73 Å². The average molecular weight is 196 g/mol. The monoisotopic (exact) mass is 196 g/mol. The number of fused-ring (bicyclic) bond motifs is 1. The highest BCUT2D eigenvalue weighted by Crippen LogP contribution is 2.23. The van der Waals surface area contributed by atoms with Gasteiger partial charge in [0.15, 0.2) is 0 Å². The van der Waals surface area contributed by atoms with Gasteiger partial charge in [0.05, 0.1) is 5.69 Å². The molecule has 0 radical (unpaired) electrons. The number of nitrogens with two attached hydrogens (primary N) is 1. The molecule has 0 bridgehead atoms. The summed E-state index contributed by atoms with van der Waals surface area (Å²) in [5.74, 6) is 1.04. The van der Waals surface area contributed by atoms with E-state index in [-0.39, 0.29) is 5.69 Å². The molecule has 0 fully saturated rings. The lowest BCUT2D eigenvalue weighted by atomic mass is 10.4. The topological polar surface area (TPSA) is 67.0 Å². The zero-order chi connectivity index (χ0) is 10.1. The first-order valence-corrected chi connectivity index (χ1v) is 4.97. The van der Waals surface area contributed by atoms with E-state index in [0.717, 1.165) is 30.9 Å². The Kier molecular flexibility index (Phi) is 2.33. The Hall–Kier alpha value is -1.23. The number of nitrogens with one attached hydrogen (secondary N) is 1. The molecule has 0 unspecified atom stereocenters. The van der Waals surface area contributed by atoms with Crippen molar-refractivity contribution in [1.82, 2.24) is 9.55 Å². The van der Waals surface area contributed by atoms with Gasteiger partial charge in [0.25, 0.3) is 0 Å². The maximum absolute atomic E-state index is 11.5. The van der Waals surface area contributed by atoms with Crippen LogP contribution in [0, 0.1) is 0 Å². The molecular formula is C9H16N4O. The van der Waals surface area contributed by atoms with Crippen LogP contribution in [0.2, 0.25) is 0 Å². The van der Waals surface area contributed by atoms with Gasteiger partial charge in [0.1, 0.15) is 5.82 Å². The molecule has 1 aliphatic heterocycles. The number of nitrogens with zero attached hydrogens (tertiary/aromatic N) is 2. The summed E-state index contributed by atoms with van der Waals surface area (Å²) in [5, 5.41) is 0. The number of aromatic nitrogens is 2. The van der Waals surface area contributed by atoms with Crippen molar-refractivity contribution < 1.29 is 0 Å². The molecule has 0 spiro atoms. The second-order valence-corrected chi connectivity index (χ2v) is 3.70. The molecule has 0 saturated carbocycles.